The average Bonchev–Trinajstić information content (AvgIpc) is 2.99. The maximum Gasteiger partial charge on any atom is 0.416 e. The van der Waals surface area contributed by atoms with Gasteiger partial charge >= 0.3 is 12.1 Å². The summed E-state index contributed by atoms with van der Waals surface area (Å²) in [6.07, 6.45) is 6.26. The normalized spacial score (nSPS) is 15.8. The second kappa shape index (κ2) is 13.2. The van der Waals surface area contributed by atoms with E-state index in [1.165, 1.54) is 31.0 Å². The molecule has 0 saturated carbocycles. The number of aliphatic carboxylic acids is 1. The van der Waals surface area contributed by atoms with Crippen molar-refractivity contribution in [2.24, 2.45) is 0 Å². The van der Waals surface area contributed by atoms with Crippen LogP contribution in [0.5, 0.6) is 5.88 Å². The number of carbonyl (C=O) groups is 3. The molecular weight excluding hydrogens is 524 g/mol. The van der Waals surface area contributed by atoms with Gasteiger partial charge in [0.05, 0.1) is 18.3 Å². The van der Waals surface area contributed by atoms with Gasteiger partial charge in [0.25, 0.3) is 5.91 Å². The number of amides is 2. The molecule has 0 radical (unpaired) electrons. The van der Waals surface area contributed by atoms with E-state index >= 15 is 0 Å². The molecule has 2 aliphatic rings. The van der Waals surface area contributed by atoms with Gasteiger partial charge in [0.2, 0.25) is 5.88 Å². The summed E-state index contributed by atoms with van der Waals surface area (Å²) in [4.78, 5) is 50.8. The van der Waals surface area contributed by atoms with Crippen molar-refractivity contribution in [1.29, 1.82) is 0 Å². The van der Waals surface area contributed by atoms with Crippen LogP contribution in [0.1, 0.15) is 40.7 Å². The number of hydrogen-bond donors (Lipinski definition) is 2. The monoisotopic (exact) mass is 558 g/mol. The smallest absolute Gasteiger partial charge is 0.416 e. The van der Waals surface area contributed by atoms with E-state index in [1.807, 2.05) is 29.2 Å². The number of hydrogen-bond acceptors (Lipinski definition) is 8. The summed E-state index contributed by atoms with van der Waals surface area (Å²) in [6.45, 7) is 5.19. The molecule has 1 aromatic carbocycles. The number of pyridine rings is 2. The Bertz CT molecular complexity index is 1330. The van der Waals surface area contributed by atoms with Crippen LogP contribution in [0.4, 0.5) is 16.3 Å². The summed E-state index contributed by atoms with van der Waals surface area (Å²) in [5.41, 5.74) is 2.90. The van der Waals surface area contributed by atoms with Crippen LogP contribution in [-0.2, 0) is 17.8 Å². The number of piperidine rings is 1. The lowest BCUT2D eigenvalue weighted by atomic mass is 10.1. The van der Waals surface area contributed by atoms with Crippen molar-refractivity contribution in [2.45, 2.75) is 32.2 Å². The van der Waals surface area contributed by atoms with Gasteiger partial charge in [-0.25, -0.2) is 14.8 Å². The van der Waals surface area contributed by atoms with Crippen molar-refractivity contribution in [1.82, 2.24) is 19.8 Å². The van der Waals surface area contributed by atoms with Crippen LogP contribution in [0.25, 0.3) is 0 Å². The van der Waals surface area contributed by atoms with E-state index in [4.69, 9.17) is 9.84 Å². The highest BCUT2D eigenvalue weighted by atomic mass is 16.6. The molecular formula is C30H34N6O5. The molecule has 11 heteroatoms. The highest BCUT2D eigenvalue weighted by Crippen LogP contribution is 2.18. The summed E-state index contributed by atoms with van der Waals surface area (Å²) in [6, 6.07) is 14.4. The first-order valence-electron chi connectivity index (χ1n) is 13.9. The third-order valence-corrected chi connectivity index (χ3v) is 7.28. The van der Waals surface area contributed by atoms with E-state index < -0.39 is 12.1 Å². The lowest BCUT2D eigenvalue weighted by Crippen LogP contribution is -2.49. The minimum atomic E-state index is -0.899. The third kappa shape index (κ3) is 7.79. The predicted octanol–water partition coefficient (Wildman–Crippen LogP) is 3.66. The Labute approximate surface area is 238 Å². The van der Waals surface area contributed by atoms with Crippen LogP contribution < -0.4 is 15.0 Å². The number of carbonyl (C=O) groups excluding carboxylic acids is 2. The van der Waals surface area contributed by atoms with Gasteiger partial charge in [0.15, 0.2) is 0 Å². The van der Waals surface area contributed by atoms with Gasteiger partial charge < -0.3 is 25.0 Å². The van der Waals surface area contributed by atoms with Crippen molar-refractivity contribution < 1.29 is 24.2 Å². The lowest BCUT2D eigenvalue weighted by Gasteiger charge is -2.34. The van der Waals surface area contributed by atoms with Gasteiger partial charge in [-0.3, -0.25) is 14.5 Å². The van der Waals surface area contributed by atoms with Gasteiger partial charge in [-0.1, -0.05) is 24.6 Å². The highest BCUT2D eigenvalue weighted by Gasteiger charge is 2.24. The molecule has 0 spiro atoms. The summed E-state index contributed by atoms with van der Waals surface area (Å²) in [7, 11) is 0. The molecule has 0 aliphatic carbocycles. The van der Waals surface area contributed by atoms with Crippen LogP contribution >= 0.6 is 0 Å². The standard InChI is InChI=1S/C30H34N6O5/c37-28(38)18-23-6-10-26(31-19-23)35-14-16-36(17-15-35)30(40)41-27-11-9-25(20-32-27)33-29(39)24-7-4-22(5-8-24)21-34-12-2-1-3-13-34/h4-11,19-20H,1-3,12-18,21H2,(H,33,39)(H,37,38). The molecule has 41 heavy (non-hydrogen) atoms. The number of aromatic nitrogens is 2. The Kier molecular flexibility index (Phi) is 9.05. The maximum absolute atomic E-state index is 12.7. The number of carboxylic acid groups (broad SMARTS) is 1. The summed E-state index contributed by atoms with van der Waals surface area (Å²) in [5, 5.41) is 11.7. The van der Waals surface area contributed by atoms with E-state index in [0.717, 1.165) is 25.5 Å². The SMILES string of the molecule is O=C(O)Cc1ccc(N2CCN(C(=O)Oc3ccc(NC(=O)c4ccc(CN5CCCCC5)cc4)cn3)CC2)nc1. The number of carboxylic acids is 1. The summed E-state index contributed by atoms with van der Waals surface area (Å²) < 4.78 is 5.44. The predicted molar refractivity (Wildman–Crippen MR) is 153 cm³/mol. The van der Waals surface area contributed by atoms with Crippen molar-refractivity contribution in [2.75, 3.05) is 49.5 Å². The molecule has 2 aliphatic heterocycles. The van der Waals surface area contributed by atoms with E-state index in [9.17, 15) is 14.4 Å². The fourth-order valence-corrected chi connectivity index (χ4v) is 5.01. The van der Waals surface area contributed by atoms with Gasteiger partial charge in [-0.15, -0.1) is 0 Å². The zero-order chi connectivity index (χ0) is 28.6. The number of nitrogens with one attached hydrogen (secondary N) is 1. The second-order valence-corrected chi connectivity index (χ2v) is 10.3. The van der Waals surface area contributed by atoms with Crippen LogP contribution in [-0.4, -0.2) is 82.1 Å². The molecule has 2 N–H and O–H groups in total. The second-order valence-electron chi connectivity index (χ2n) is 10.3. The zero-order valence-electron chi connectivity index (χ0n) is 22.9. The molecule has 3 aromatic rings. The first-order valence-corrected chi connectivity index (χ1v) is 13.9. The Hall–Kier alpha value is -4.51. The van der Waals surface area contributed by atoms with E-state index in [2.05, 4.69) is 20.2 Å². The molecule has 11 nitrogen and oxygen atoms in total. The van der Waals surface area contributed by atoms with Crippen molar-refractivity contribution in [3.8, 4) is 5.88 Å². The van der Waals surface area contributed by atoms with Gasteiger partial charge in [0.1, 0.15) is 5.82 Å². The fraction of sp³-hybridized carbons (Fsp3) is 0.367. The number of ether oxygens (including phenoxy) is 1. The van der Waals surface area contributed by atoms with Crippen molar-refractivity contribution in [3.63, 3.8) is 0 Å². The number of nitrogens with zero attached hydrogens (tertiary/aromatic N) is 5. The Morgan fingerprint density at radius 1 is 0.805 bits per heavy atom. The zero-order valence-corrected chi connectivity index (χ0v) is 22.9. The van der Waals surface area contributed by atoms with Gasteiger partial charge in [0, 0.05) is 50.6 Å². The highest BCUT2D eigenvalue weighted by molar-refractivity contribution is 6.04. The summed E-state index contributed by atoms with van der Waals surface area (Å²) in [5.74, 6) is -0.248. The molecule has 2 saturated heterocycles. The van der Waals surface area contributed by atoms with Crippen molar-refractivity contribution >= 4 is 29.5 Å². The summed E-state index contributed by atoms with van der Waals surface area (Å²) >= 11 is 0. The third-order valence-electron chi connectivity index (χ3n) is 7.28. The largest absolute Gasteiger partial charge is 0.481 e. The molecule has 4 heterocycles. The molecule has 5 rings (SSSR count). The van der Waals surface area contributed by atoms with Crippen LogP contribution in [0.15, 0.2) is 60.9 Å². The number of benzene rings is 1. The molecule has 0 unspecified atom stereocenters. The number of rotatable bonds is 8. The Balaban J connectivity index is 1.07. The lowest BCUT2D eigenvalue weighted by molar-refractivity contribution is -0.136. The minimum absolute atomic E-state index is 0.0683. The van der Waals surface area contributed by atoms with Gasteiger partial charge in [-0.2, -0.15) is 0 Å². The maximum atomic E-state index is 12.7. The molecule has 214 valence electrons. The Morgan fingerprint density at radius 3 is 2.17 bits per heavy atom. The van der Waals surface area contributed by atoms with Crippen molar-refractivity contribution in [3.05, 3.63) is 77.6 Å². The topological polar surface area (TPSA) is 128 Å². The molecule has 2 amide bonds. The average molecular weight is 559 g/mol. The minimum Gasteiger partial charge on any atom is -0.481 e. The first kappa shape index (κ1) is 28.0. The molecule has 2 aromatic heterocycles. The number of likely N-dealkylation sites (tertiary alicyclic amines) is 1. The molecule has 0 atom stereocenters. The molecule has 0 bridgehead atoms. The Morgan fingerprint density at radius 2 is 1.54 bits per heavy atom. The van der Waals surface area contributed by atoms with E-state index in [0.29, 0.717) is 43.0 Å². The van der Waals surface area contributed by atoms with Crippen LogP contribution in [0.3, 0.4) is 0 Å². The molecule has 2 fully saturated rings. The first-order chi connectivity index (χ1) is 19.9. The number of anilines is 2. The quantitative estimate of drug-likeness (QED) is 0.426. The fourth-order valence-electron chi connectivity index (χ4n) is 5.01. The number of piperazine rings is 1. The van der Waals surface area contributed by atoms with Crippen LogP contribution in [0, 0.1) is 0 Å². The van der Waals surface area contributed by atoms with Crippen LogP contribution in [0.2, 0.25) is 0 Å². The van der Waals surface area contributed by atoms with E-state index in [1.54, 1.807) is 35.4 Å². The van der Waals surface area contributed by atoms with E-state index in [-0.39, 0.29) is 18.2 Å². The van der Waals surface area contributed by atoms with Gasteiger partial charge in [-0.05, 0) is 61.3 Å².